The fourth-order valence-electron chi connectivity index (χ4n) is 5.89. The van der Waals surface area contributed by atoms with Gasteiger partial charge in [0.05, 0.1) is 5.75 Å². The van der Waals surface area contributed by atoms with Crippen molar-refractivity contribution in [2.45, 2.75) is 55.7 Å². The van der Waals surface area contributed by atoms with Crippen LogP contribution in [0.5, 0.6) is 0 Å². The molecule has 41 heavy (non-hydrogen) atoms. The minimum absolute atomic E-state index is 0.0336. The standard InChI is InChI=1S/C29H28F6N2O3S/c1-19-13-21(7-12-26(19)22-8-10-23(11-9-22)27(38,28(30,31)32)29(33,34)35)15-36-16-24-14-25(17-36)37(24)41(39,40)18-20-5-3-2-4-6-20/h2-13,24-25,38H,14-18H2,1H3. The van der Waals surface area contributed by atoms with E-state index in [4.69, 9.17) is 0 Å². The van der Waals surface area contributed by atoms with Crippen LogP contribution in [0.15, 0.2) is 72.8 Å². The molecule has 3 saturated heterocycles. The van der Waals surface area contributed by atoms with Crippen molar-refractivity contribution >= 4 is 10.0 Å². The van der Waals surface area contributed by atoms with Gasteiger partial charge in [-0.3, -0.25) is 4.90 Å². The average molecular weight is 599 g/mol. The van der Waals surface area contributed by atoms with Crippen LogP contribution in [-0.4, -0.2) is 60.3 Å². The molecule has 0 aliphatic carbocycles. The Morgan fingerprint density at radius 1 is 0.829 bits per heavy atom. The molecule has 5 nitrogen and oxygen atoms in total. The van der Waals surface area contributed by atoms with E-state index in [2.05, 4.69) is 4.90 Å². The second kappa shape index (κ2) is 10.4. The van der Waals surface area contributed by atoms with E-state index in [1.54, 1.807) is 29.4 Å². The number of aryl methyl sites for hydroxylation is 1. The third-order valence-electron chi connectivity index (χ3n) is 7.85. The Morgan fingerprint density at radius 3 is 1.95 bits per heavy atom. The van der Waals surface area contributed by atoms with Crippen molar-refractivity contribution in [3.63, 3.8) is 0 Å². The van der Waals surface area contributed by atoms with E-state index < -0.39 is 33.5 Å². The number of hydrogen-bond acceptors (Lipinski definition) is 4. The van der Waals surface area contributed by atoms with Gasteiger partial charge in [0.25, 0.3) is 5.60 Å². The van der Waals surface area contributed by atoms with E-state index >= 15 is 0 Å². The molecule has 12 heteroatoms. The first-order valence-corrected chi connectivity index (χ1v) is 14.5. The monoisotopic (exact) mass is 598 g/mol. The fourth-order valence-corrected chi connectivity index (χ4v) is 7.87. The molecule has 3 aliphatic heterocycles. The number of nitrogens with zero attached hydrogens (tertiary/aromatic N) is 2. The highest BCUT2D eigenvalue weighted by Gasteiger charge is 2.71. The van der Waals surface area contributed by atoms with Crippen LogP contribution in [0.25, 0.3) is 11.1 Å². The Hall–Kier alpha value is -2.93. The molecule has 2 unspecified atom stereocenters. The second-order valence-electron chi connectivity index (χ2n) is 10.7. The van der Waals surface area contributed by atoms with Gasteiger partial charge in [0.2, 0.25) is 10.0 Å². The van der Waals surface area contributed by atoms with E-state index in [0.717, 1.165) is 35.2 Å². The largest absolute Gasteiger partial charge is 0.430 e. The molecule has 0 radical (unpaired) electrons. The summed E-state index contributed by atoms with van der Waals surface area (Å²) in [5.74, 6) is -0.0336. The van der Waals surface area contributed by atoms with Gasteiger partial charge in [0.15, 0.2) is 0 Å². The maximum atomic E-state index is 13.2. The Morgan fingerprint density at radius 2 is 1.41 bits per heavy atom. The summed E-state index contributed by atoms with van der Waals surface area (Å²) in [6.07, 6.45) is -11.1. The number of rotatable bonds is 7. The molecule has 220 valence electrons. The summed E-state index contributed by atoms with van der Waals surface area (Å²) in [6.45, 7) is 3.55. The Bertz CT molecular complexity index is 1480. The first-order chi connectivity index (χ1) is 19.1. The molecule has 3 heterocycles. The smallest absolute Gasteiger partial charge is 0.369 e. The Labute approximate surface area is 234 Å². The maximum Gasteiger partial charge on any atom is 0.430 e. The molecule has 2 atom stereocenters. The number of sulfonamides is 1. The highest BCUT2D eigenvalue weighted by molar-refractivity contribution is 7.88. The summed E-state index contributed by atoms with van der Waals surface area (Å²) >= 11 is 0. The minimum atomic E-state index is -5.94. The van der Waals surface area contributed by atoms with Gasteiger partial charge >= 0.3 is 12.4 Å². The molecule has 3 fully saturated rings. The predicted molar refractivity (Wildman–Crippen MR) is 141 cm³/mol. The lowest BCUT2D eigenvalue weighted by Crippen LogP contribution is -2.69. The maximum absolute atomic E-state index is 13.2. The van der Waals surface area contributed by atoms with Crippen LogP contribution in [0.2, 0.25) is 0 Å². The number of fused-ring (bicyclic) bond motifs is 2. The van der Waals surface area contributed by atoms with Gasteiger partial charge in [-0.25, -0.2) is 8.42 Å². The van der Waals surface area contributed by atoms with Crippen molar-refractivity contribution in [3.8, 4) is 11.1 Å². The second-order valence-corrected chi connectivity index (χ2v) is 12.6. The number of hydrogen-bond donors (Lipinski definition) is 1. The molecule has 0 spiro atoms. The summed E-state index contributed by atoms with van der Waals surface area (Å²) in [5, 5.41) is 9.62. The Balaban J connectivity index is 1.25. The zero-order valence-corrected chi connectivity index (χ0v) is 22.8. The van der Waals surface area contributed by atoms with E-state index in [1.165, 1.54) is 0 Å². The Kier molecular flexibility index (Phi) is 7.50. The molecular formula is C29H28F6N2O3S. The molecule has 0 amide bonds. The van der Waals surface area contributed by atoms with Crippen molar-refractivity contribution in [3.05, 3.63) is 95.1 Å². The number of benzene rings is 3. The molecule has 1 N–H and O–H groups in total. The van der Waals surface area contributed by atoms with Gasteiger partial charge in [-0.1, -0.05) is 72.8 Å². The summed E-state index contributed by atoms with van der Waals surface area (Å²) in [4.78, 5) is 2.19. The molecule has 2 bridgehead atoms. The molecular weight excluding hydrogens is 570 g/mol. The van der Waals surface area contributed by atoms with E-state index in [0.29, 0.717) is 42.9 Å². The number of piperidine rings is 1. The third-order valence-corrected chi connectivity index (χ3v) is 9.78. The zero-order valence-electron chi connectivity index (χ0n) is 22.0. The van der Waals surface area contributed by atoms with Crippen LogP contribution in [0.4, 0.5) is 26.3 Å². The zero-order chi connectivity index (χ0) is 29.8. The highest BCUT2D eigenvalue weighted by Crippen LogP contribution is 2.50. The summed E-state index contributed by atoms with van der Waals surface area (Å²) in [5.41, 5.74) is -2.78. The molecule has 6 rings (SSSR count). The van der Waals surface area contributed by atoms with Crippen molar-refractivity contribution < 1.29 is 39.9 Å². The normalized spacial score (nSPS) is 20.6. The topological polar surface area (TPSA) is 60.9 Å². The van der Waals surface area contributed by atoms with Gasteiger partial charge in [0, 0.05) is 37.3 Å². The summed E-state index contributed by atoms with van der Waals surface area (Å²) in [7, 11) is -3.44. The van der Waals surface area contributed by atoms with Crippen molar-refractivity contribution in [2.24, 2.45) is 0 Å². The SMILES string of the molecule is Cc1cc(CN2CC3CC(C2)N3S(=O)(=O)Cc2ccccc2)ccc1-c1ccc(C(O)(C(F)(F)F)C(F)(F)F)cc1. The van der Waals surface area contributed by atoms with Crippen molar-refractivity contribution in [1.29, 1.82) is 0 Å². The average Bonchev–Trinajstić information content (AvgIpc) is 2.87. The van der Waals surface area contributed by atoms with Gasteiger partial charge in [-0.05, 0) is 41.2 Å². The lowest BCUT2D eigenvalue weighted by atomic mass is 9.89. The highest BCUT2D eigenvalue weighted by atomic mass is 32.2. The van der Waals surface area contributed by atoms with Crippen LogP contribution in [0.3, 0.4) is 0 Å². The van der Waals surface area contributed by atoms with Crippen LogP contribution in [0, 0.1) is 6.92 Å². The first-order valence-electron chi connectivity index (χ1n) is 12.9. The van der Waals surface area contributed by atoms with E-state index in [-0.39, 0.29) is 17.8 Å². The molecule has 0 aromatic heterocycles. The summed E-state index contributed by atoms with van der Waals surface area (Å²) < 4.78 is 107. The van der Waals surface area contributed by atoms with Gasteiger partial charge in [0.1, 0.15) is 0 Å². The number of piperazine rings is 1. The minimum Gasteiger partial charge on any atom is -0.369 e. The number of alkyl halides is 6. The predicted octanol–water partition coefficient (Wildman–Crippen LogP) is 5.76. The van der Waals surface area contributed by atoms with Crippen LogP contribution in [0.1, 0.15) is 28.7 Å². The quantitative estimate of drug-likeness (QED) is 0.352. The van der Waals surface area contributed by atoms with Gasteiger partial charge < -0.3 is 5.11 Å². The lowest BCUT2D eigenvalue weighted by Gasteiger charge is -2.55. The fraction of sp³-hybridized carbons (Fsp3) is 0.379. The van der Waals surface area contributed by atoms with E-state index in [1.807, 2.05) is 30.3 Å². The lowest BCUT2D eigenvalue weighted by molar-refractivity contribution is -0.376. The number of halogens is 6. The first kappa shape index (κ1) is 29.6. The number of aliphatic hydroxyl groups is 1. The van der Waals surface area contributed by atoms with Crippen LogP contribution in [-0.2, 0) is 27.9 Å². The van der Waals surface area contributed by atoms with Crippen LogP contribution >= 0.6 is 0 Å². The molecule has 0 saturated carbocycles. The molecule has 3 aromatic carbocycles. The van der Waals surface area contributed by atoms with Gasteiger partial charge in [-0.2, -0.15) is 30.6 Å². The van der Waals surface area contributed by atoms with E-state index in [9.17, 15) is 39.9 Å². The summed E-state index contributed by atoms with van der Waals surface area (Å²) in [6, 6.07) is 17.9. The third kappa shape index (κ3) is 5.50. The van der Waals surface area contributed by atoms with Crippen molar-refractivity contribution in [1.82, 2.24) is 9.21 Å². The van der Waals surface area contributed by atoms with Crippen LogP contribution < -0.4 is 0 Å². The molecule has 3 aliphatic rings. The van der Waals surface area contributed by atoms with Crippen molar-refractivity contribution in [2.75, 3.05) is 13.1 Å². The van der Waals surface area contributed by atoms with Gasteiger partial charge in [-0.15, -0.1) is 0 Å². The molecule has 3 aromatic rings.